The maximum Gasteiger partial charge on any atom is 0.339 e. The summed E-state index contributed by atoms with van der Waals surface area (Å²) in [6.07, 6.45) is 0. The van der Waals surface area contributed by atoms with Crippen molar-refractivity contribution in [3.8, 4) is 0 Å². The average molecular weight is 418 g/mol. The second-order valence-corrected chi connectivity index (χ2v) is 7.53. The van der Waals surface area contributed by atoms with E-state index in [0.717, 1.165) is 0 Å². The third-order valence-corrected chi connectivity index (χ3v) is 5.16. The molecule has 0 atom stereocenters. The number of hydrogen-bond acceptors (Lipinski definition) is 5. The van der Waals surface area contributed by atoms with E-state index in [0.29, 0.717) is 10.6 Å². The van der Waals surface area contributed by atoms with Crippen LogP contribution in [0.4, 0.5) is 10.1 Å². The molecule has 0 aliphatic carbocycles. The maximum atomic E-state index is 12.9. The van der Waals surface area contributed by atoms with Gasteiger partial charge in [-0.25, -0.2) is 9.18 Å². The highest BCUT2D eigenvalue weighted by Crippen LogP contribution is 2.23. The molecule has 0 unspecified atom stereocenters. The number of hydrogen-bond donors (Lipinski definition) is 1. The van der Waals surface area contributed by atoms with Crippen LogP contribution in [0, 0.1) is 5.82 Å². The van der Waals surface area contributed by atoms with E-state index in [1.165, 1.54) is 40.9 Å². The lowest BCUT2D eigenvalue weighted by Gasteiger charge is -2.21. The van der Waals surface area contributed by atoms with Gasteiger partial charge in [0, 0.05) is 23.7 Å². The summed E-state index contributed by atoms with van der Waals surface area (Å²) < 4.78 is 18.1. The van der Waals surface area contributed by atoms with Gasteiger partial charge in [0.15, 0.2) is 6.61 Å². The highest BCUT2D eigenvalue weighted by atomic mass is 32.2. The molecule has 0 aliphatic rings. The minimum absolute atomic E-state index is 0.00339. The number of amides is 2. The number of esters is 1. The van der Waals surface area contributed by atoms with E-state index in [2.05, 4.69) is 5.32 Å². The highest BCUT2D eigenvalue weighted by molar-refractivity contribution is 8.00. The standard InChI is InChI=1S/C21H23FN2O4S/c1-14(2)24(3)20(26)12-28-21(27)17-6-4-5-7-18(17)29-13-19(25)23-16-10-8-15(22)9-11-16/h4-11,14H,12-13H2,1-3H3,(H,23,25). The van der Waals surface area contributed by atoms with Crippen LogP contribution < -0.4 is 5.32 Å². The van der Waals surface area contributed by atoms with E-state index in [1.54, 1.807) is 31.3 Å². The van der Waals surface area contributed by atoms with Crippen molar-refractivity contribution in [2.24, 2.45) is 0 Å². The van der Waals surface area contributed by atoms with Crippen LogP contribution in [0.2, 0.25) is 0 Å². The largest absolute Gasteiger partial charge is 0.452 e. The molecule has 2 amide bonds. The van der Waals surface area contributed by atoms with Gasteiger partial charge in [0.1, 0.15) is 5.82 Å². The molecule has 0 saturated carbocycles. The lowest BCUT2D eigenvalue weighted by molar-refractivity contribution is -0.134. The molecule has 0 spiro atoms. The monoisotopic (exact) mass is 418 g/mol. The minimum atomic E-state index is -0.627. The molecule has 0 bridgehead atoms. The molecule has 0 fully saturated rings. The molecule has 0 saturated heterocycles. The number of carbonyl (C=O) groups excluding carboxylic acids is 3. The quantitative estimate of drug-likeness (QED) is 0.524. The zero-order valence-electron chi connectivity index (χ0n) is 16.5. The summed E-state index contributed by atoms with van der Waals surface area (Å²) in [5.74, 6) is -1.55. The summed E-state index contributed by atoms with van der Waals surface area (Å²) in [5, 5.41) is 2.66. The van der Waals surface area contributed by atoms with Gasteiger partial charge >= 0.3 is 5.97 Å². The molecule has 0 aliphatic heterocycles. The SMILES string of the molecule is CC(C)N(C)C(=O)COC(=O)c1ccccc1SCC(=O)Nc1ccc(F)cc1. The first-order chi connectivity index (χ1) is 13.8. The van der Waals surface area contributed by atoms with Gasteiger partial charge in [-0.05, 0) is 50.2 Å². The van der Waals surface area contributed by atoms with E-state index >= 15 is 0 Å². The number of likely N-dealkylation sites (N-methyl/N-ethyl adjacent to an activating group) is 1. The molecule has 2 aromatic carbocycles. The second-order valence-electron chi connectivity index (χ2n) is 6.51. The predicted molar refractivity (Wildman–Crippen MR) is 110 cm³/mol. The molecule has 2 aromatic rings. The van der Waals surface area contributed by atoms with Crippen molar-refractivity contribution in [3.05, 3.63) is 59.9 Å². The van der Waals surface area contributed by atoms with Gasteiger partial charge < -0.3 is 15.0 Å². The van der Waals surface area contributed by atoms with E-state index in [1.807, 2.05) is 13.8 Å². The van der Waals surface area contributed by atoms with E-state index in [-0.39, 0.29) is 41.6 Å². The normalized spacial score (nSPS) is 10.5. The predicted octanol–water partition coefficient (Wildman–Crippen LogP) is 3.58. The third kappa shape index (κ3) is 6.90. The zero-order valence-corrected chi connectivity index (χ0v) is 17.3. The molecule has 154 valence electrons. The van der Waals surface area contributed by atoms with Gasteiger partial charge in [-0.3, -0.25) is 9.59 Å². The number of rotatable bonds is 8. The lowest BCUT2D eigenvalue weighted by Crippen LogP contribution is -2.36. The van der Waals surface area contributed by atoms with E-state index in [9.17, 15) is 18.8 Å². The van der Waals surface area contributed by atoms with Crippen molar-refractivity contribution in [3.63, 3.8) is 0 Å². The average Bonchev–Trinajstić information content (AvgIpc) is 2.71. The van der Waals surface area contributed by atoms with Crippen molar-refractivity contribution in [2.75, 3.05) is 24.7 Å². The Bertz CT molecular complexity index is 871. The Labute approximate surface area is 173 Å². The molecule has 6 nitrogen and oxygen atoms in total. The molecule has 2 rings (SSSR count). The topological polar surface area (TPSA) is 75.7 Å². The molecule has 0 heterocycles. The number of nitrogens with zero attached hydrogens (tertiary/aromatic N) is 1. The summed E-state index contributed by atoms with van der Waals surface area (Å²) in [7, 11) is 1.64. The number of benzene rings is 2. The Kier molecular flexibility index (Phi) is 8.21. The van der Waals surface area contributed by atoms with Gasteiger partial charge in [0.2, 0.25) is 5.91 Å². The number of anilines is 1. The van der Waals surface area contributed by atoms with Crippen LogP contribution in [-0.2, 0) is 14.3 Å². The Balaban J connectivity index is 1.93. The summed E-state index contributed by atoms with van der Waals surface area (Å²) in [6.45, 7) is 3.38. The highest BCUT2D eigenvalue weighted by Gasteiger charge is 2.18. The molecule has 8 heteroatoms. The maximum absolute atomic E-state index is 12.9. The van der Waals surface area contributed by atoms with Crippen molar-refractivity contribution in [1.82, 2.24) is 4.90 Å². The summed E-state index contributed by atoms with van der Waals surface area (Å²) >= 11 is 1.17. The van der Waals surface area contributed by atoms with E-state index < -0.39 is 5.97 Å². The van der Waals surface area contributed by atoms with Gasteiger partial charge in [0.05, 0.1) is 11.3 Å². The van der Waals surface area contributed by atoms with Gasteiger partial charge in [-0.15, -0.1) is 11.8 Å². The number of halogens is 1. The fourth-order valence-electron chi connectivity index (χ4n) is 2.23. The number of nitrogens with one attached hydrogen (secondary N) is 1. The van der Waals surface area contributed by atoms with Gasteiger partial charge in [-0.1, -0.05) is 12.1 Å². The summed E-state index contributed by atoms with van der Waals surface area (Å²) in [5.41, 5.74) is 0.768. The van der Waals surface area contributed by atoms with Crippen LogP contribution >= 0.6 is 11.8 Å². The fraction of sp³-hybridized carbons (Fsp3) is 0.286. The Morgan fingerprint density at radius 3 is 2.41 bits per heavy atom. The van der Waals surface area contributed by atoms with Crippen molar-refractivity contribution in [1.29, 1.82) is 0 Å². The van der Waals surface area contributed by atoms with Crippen LogP contribution in [0.15, 0.2) is 53.4 Å². The van der Waals surface area contributed by atoms with Gasteiger partial charge in [-0.2, -0.15) is 0 Å². The molecule has 1 N–H and O–H groups in total. The van der Waals surface area contributed by atoms with Crippen LogP contribution in [0.3, 0.4) is 0 Å². The molecular formula is C21H23FN2O4S. The second kappa shape index (κ2) is 10.6. The Morgan fingerprint density at radius 1 is 1.10 bits per heavy atom. The van der Waals surface area contributed by atoms with Crippen LogP contribution in [0.5, 0.6) is 0 Å². The molecule has 29 heavy (non-hydrogen) atoms. The van der Waals surface area contributed by atoms with Crippen LogP contribution in [0.25, 0.3) is 0 Å². The van der Waals surface area contributed by atoms with Crippen LogP contribution in [0.1, 0.15) is 24.2 Å². The number of carbonyl (C=O) groups is 3. The first kappa shape index (κ1) is 22.4. The summed E-state index contributed by atoms with van der Waals surface area (Å²) in [6, 6.07) is 12.2. The first-order valence-electron chi connectivity index (χ1n) is 8.98. The lowest BCUT2D eigenvalue weighted by atomic mass is 10.2. The van der Waals surface area contributed by atoms with Crippen molar-refractivity contribution in [2.45, 2.75) is 24.8 Å². The van der Waals surface area contributed by atoms with Crippen molar-refractivity contribution >= 4 is 35.2 Å². The molecular weight excluding hydrogens is 395 g/mol. The minimum Gasteiger partial charge on any atom is -0.452 e. The number of thioether (sulfide) groups is 1. The Morgan fingerprint density at radius 2 is 1.76 bits per heavy atom. The van der Waals surface area contributed by atoms with Crippen molar-refractivity contribution < 1.29 is 23.5 Å². The molecule has 0 aromatic heterocycles. The van der Waals surface area contributed by atoms with Gasteiger partial charge in [0.25, 0.3) is 5.91 Å². The zero-order chi connectivity index (χ0) is 21.4. The smallest absolute Gasteiger partial charge is 0.339 e. The summed E-state index contributed by atoms with van der Waals surface area (Å²) in [4.78, 5) is 38.5. The number of ether oxygens (including phenoxy) is 1. The molecule has 0 radical (unpaired) electrons. The van der Waals surface area contributed by atoms with E-state index in [4.69, 9.17) is 4.74 Å². The third-order valence-electron chi connectivity index (χ3n) is 4.09. The first-order valence-corrected chi connectivity index (χ1v) is 9.96. The Hall–Kier alpha value is -2.87. The fourth-order valence-corrected chi connectivity index (χ4v) is 3.07. The van der Waals surface area contributed by atoms with Crippen LogP contribution in [-0.4, -0.2) is 48.1 Å².